The number of hydrogen-bond donors (Lipinski definition) is 3. The Morgan fingerprint density at radius 3 is 2.68 bits per heavy atom. The zero-order valence-corrected chi connectivity index (χ0v) is 18.2. The molecule has 1 aromatic carbocycles. The summed E-state index contributed by atoms with van der Waals surface area (Å²) in [6.45, 7) is 6.86. The molecule has 1 saturated heterocycles. The maximum absolute atomic E-state index is 12.1. The van der Waals surface area contributed by atoms with Crippen LogP contribution < -0.4 is 16.0 Å². The smallest absolute Gasteiger partial charge is 0.287 e. The number of rotatable bonds is 6. The lowest BCUT2D eigenvalue weighted by atomic mass is 9.92. The van der Waals surface area contributed by atoms with Crippen LogP contribution in [-0.4, -0.2) is 36.9 Å². The molecule has 0 unspecified atom stereocenters. The summed E-state index contributed by atoms with van der Waals surface area (Å²) in [5, 5.41) is 17.8. The highest BCUT2D eigenvalue weighted by Crippen LogP contribution is 2.19. The molecule has 0 saturated carbocycles. The summed E-state index contributed by atoms with van der Waals surface area (Å²) < 4.78 is 5.44. The Bertz CT molecular complexity index is 923. The summed E-state index contributed by atoms with van der Waals surface area (Å²) in [5.74, 6) is -0.439. The number of furan rings is 1. The number of nitriles is 1. The highest BCUT2D eigenvalue weighted by atomic mass is 16.3. The Morgan fingerprint density at radius 1 is 1.32 bits per heavy atom. The van der Waals surface area contributed by atoms with Gasteiger partial charge in [-0.2, -0.15) is 5.26 Å². The van der Waals surface area contributed by atoms with Gasteiger partial charge in [-0.3, -0.25) is 14.4 Å². The summed E-state index contributed by atoms with van der Waals surface area (Å²) in [5.41, 5.74) is 0.586. The lowest BCUT2D eigenvalue weighted by molar-refractivity contribution is -0.127. The third kappa shape index (κ3) is 7.78. The number of hydrogen-bond acceptors (Lipinski definition) is 5. The van der Waals surface area contributed by atoms with Gasteiger partial charge in [-0.25, -0.2) is 0 Å². The lowest BCUT2D eigenvalue weighted by Gasteiger charge is -2.23. The maximum atomic E-state index is 12.1. The van der Waals surface area contributed by atoms with Gasteiger partial charge in [0.15, 0.2) is 5.76 Å². The minimum Gasteiger partial charge on any atom is -0.451 e. The molecule has 3 N–H and O–H groups in total. The highest BCUT2D eigenvalue weighted by Gasteiger charge is 2.26. The van der Waals surface area contributed by atoms with Crippen molar-refractivity contribution in [3.05, 3.63) is 36.1 Å². The molecule has 0 spiro atoms. The summed E-state index contributed by atoms with van der Waals surface area (Å²) in [4.78, 5) is 35.9. The SMILES string of the molecule is CC(C)C.N#C[C@H](C[C@@H]1CCCNC1=O)NC(=O)CNC(=O)c1cc2ccccc2o1.[HH].[HH].[HH]. The van der Waals surface area contributed by atoms with Crippen molar-refractivity contribution in [2.75, 3.05) is 13.1 Å². The van der Waals surface area contributed by atoms with Crippen molar-refractivity contribution in [1.82, 2.24) is 16.0 Å². The molecule has 1 fully saturated rings. The van der Waals surface area contributed by atoms with Crippen LogP contribution in [0.15, 0.2) is 34.7 Å². The molecule has 0 aliphatic carbocycles. The van der Waals surface area contributed by atoms with Crippen LogP contribution in [0.1, 0.15) is 54.9 Å². The number of benzene rings is 1. The molecule has 172 valence electrons. The number of amides is 3. The number of carbonyl (C=O) groups excluding carboxylic acids is 3. The van der Waals surface area contributed by atoms with Gasteiger partial charge in [-0.05, 0) is 37.3 Å². The highest BCUT2D eigenvalue weighted by molar-refractivity contribution is 5.97. The van der Waals surface area contributed by atoms with E-state index in [1.165, 1.54) is 0 Å². The van der Waals surface area contributed by atoms with Gasteiger partial charge >= 0.3 is 0 Å². The van der Waals surface area contributed by atoms with Crippen molar-refractivity contribution >= 4 is 28.7 Å². The molecule has 1 aliphatic heterocycles. The standard InChI is InChI=1S/C19H20N4O4.C4H10.3H2/c20-10-14(8-13-5-3-7-21-18(13)25)23-17(24)11-22-19(26)16-9-12-4-1-2-6-15(12)27-16;1-4(2)3;;;/h1-2,4,6,9,13-14H,3,5,7-8,11H2,(H,21,25)(H,22,26)(H,23,24);4H,1-3H3;3*1H/t13-,14-;;;;/m0..../s1. The zero-order valence-electron chi connectivity index (χ0n) is 18.2. The number of piperidine rings is 1. The minimum atomic E-state index is -0.783. The van der Waals surface area contributed by atoms with Gasteiger partial charge < -0.3 is 20.4 Å². The fourth-order valence-electron chi connectivity index (χ4n) is 3.08. The van der Waals surface area contributed by atoms with Gasteiger partial charge in [-0.1, -0.05) is 39.0 Å². The molecule has 2 heterocycles. The fraction of sp³-hybridized carbons (Fsp3) is 0.478. The van der Waals surface area contributed by atoms with E-state index in [0.29, 0.717) is 18.5 Å². The molecule has 1 aromatic heterocycles. The van der Waals surface area contributed by atoms with E-state index in [2.05, 4.69) is 36.7 Å². The van der Waals surface area contributed by atoms with Crippen LogP contribution in [0.2, 0.25) is 0 Å². The Balaban J connectivity index is 0. The Hall–Kier alpha value is -3.34. The molecule has 1 aliphatic rings. The number of fused-ring (bicyclic) bond motifs is 1. The Kier molecular flexibility index (Phi) is 9.07. The molecule has 3 rings (SSSR count). The van der Waals surface area contributed by atoms with Crippen LogP contribution >= 0.6 is 0 Å². The van der Waals surface area contributed by atoms with E-state index in [9.17, 15) is 19.6 Å². The van der Waals surface area contributed by atoms with Crippen LogP contribution in [-0.2, 0) is 9.59 Å². The van der Waals surface area contributed by atoms with E-state index < -0.39 is 17.9 Å². The van der Waals surface area contributed by atoms with E-state index in [1.54, 1.807) is 18.2 Å². The minimum absolute atomic E-state index is 0. The molecular formula is C23H36N4O4. The van der Waals surface area contributed by atoms with E-state index >= 15 is 0 Å². The van der Waals surface area contributed by atoms with Crippen LogP contribution in [0.25, 0.3) is 11.0 Å². The van der Waals surface area contributed by atoms with Gasteiger partial charge in [0.1, 0.15) is 11.6 Å². The summed E-state index contributed by atoms with van der Waals surface area (Å²) >= 11 is 0. The van der Waals surface area contributed by atoms with Gasteiger partial charge in [0.05, 0.1) is 12.6 Å². The van der Waals surface area contributed by atoms with Gasteiger partial charge in [0.25, 0.3) is 5.91 Å². The molecule has 0 bridgehead atoms. The van der Waals surface area contributed by atoms with E-state index in [0.717, 1.165) is 17.7 Å². The van der Waals surface area contributed by atoms with Crippen molar-refractivity contribution in [2.45, 2.75) is 46.1 Å². The second-order valence-corrected chi connectivity index (χ2v) is 8.18. The quantitative estimate of drug-likeness (QED) is 0.644. The first-order valence-corrected chi connectivity index (χ1v) is 10.5. The first kappa shape index (κ1) is 23.9. The normalized spacial score (nSPS) is 16.5. The van der Waals surface area contributed by atoms with E-state index in [4.69, 9.17) is 4.42 Å². The van der Waals surface area contributed by atoms with Crippen molar-refractivity contribution < 1.29 is 23.1 Å². The third-order valence-electron chi connectivity index (χ3n) is 4.47. The molecule has 3 amide bonds. The fourth-order valence-corrected chi connectivity index (χ4v) is 3.08. The maximum Gasteiger partial charge on any atom is 0.287 e. The third-order valence-corrected chi connectivity index (χ3v) is 4.47. The predicted octanol–water partition coefficient (Wildman–Crippen LogP) is 3.49. The van der Waals surface area contributed by atoms with Crippen LogP contribution in [0, 0.1) is 23.2 Å². The topological polar surface area (TPSA) is 124 Å². The average Bonchev–Trinajstić information content (AvgIpc) is 3.17. The van der Waals surface area contributed by atoms with Crippen molar-refractivity contribution in [3.8, 4) is 6.07 Å². The summed E-state index contributed by atoms with van der Waals surface area (Å²) in [6, 6.07) is 10.0. The molecular weight excluding hydrogens is 396 g/mol. The van der Waals surface area contributed by atoms with Crippen molar-refractivity contribution in [2.24, 2.45) is 11.8 Å². The number of nitrogens with one attached hydrogen (secondary N) is 3. The van der Waals surface area contributed by atoms with Crippen LogP contribution in [0.5, 0.6) is 0 Å². The largest absolute Gasteiger partial charge is 0.451 e. The van der Waals surface area contributed by atoms with Crippen LogP contribution in [0.3, 0.4) is 0 Å². The lowest BCUT2D eigenvalue weighted by Crippen LogP contribution is -2.44. The zero-order chi connectivity index (χ0) is 22.8. The van der Waals surface area contributed by atoms with Crippen molar-refractivity contribution in [3.63, 3.8) is 0 Å². The first-order valence-electron chi connectivity index (χ1n) is 10.5. The van der Waals surface area contributed by atoms with E-state index in [-0.39, 0.29) is 34.8 Å². The Morgan fingerprint density at radius 2 is 2.03 bits per heavy atom. The van der Waals surface area contributed by atoms with E-state index in [1.807, 2.05) is 18.2 Å². The molecule has 8 heteroatoms. The molecule has 0 radical (unpaired) electrons. The Labute approximate surface area is 186 Å². The monoisotopic (exact) mass is 432 g/mol. The number of para-hydroxylation sites is 1. The van der Waals surface area contributed by atoms with Gasteiger partial charge in [-0.15, -0.1) is 0 Å². The number of carbonyl (C=O) groups is 3. The summed E-state index contributed by atoms with van der Waals surface area (Å²) in [6.07, 6.45) is 1.81. The average molecular weight is 433 g/mol. The molecule has 2 aromatic rings. The molecule has 31 heavy (non-hydrogen) atoms. The molecule has 8 nitrogen and oxygen atoms in total. The predicted molar refractivity (Wildman–Crippen MR) is 123 cm³/mol. The second-order valence-electron chi connectivity index (χ2n) is 8.18. The van der Waals surface area contributed by atoms with Gasteiger partial charge in [0.2, 0.25) is 11.8 Å². The summed E-state index contributed by atoms with van der Waals surface area (Å²) in [7, 11) is 0. The van der Waals surface area contributed by atoms with Crippen molar-refractivity contribution in [1.29, 1.82) is 5.26 Å². The number of nitrogens with zero attached hydrogens (tertiary/aromatic N) is 1. The molecule has 2 atom stereocenters. The first-order chi connectivity index (χ1) is 14.8. The van der Waals surface area contributed by atoms with Crippen LogP contribution in [0.4, 0.5) is 0 Å². The van der Waals surface area contributed by atoms with Gasteiger partial charge in [0, 0.05) is 22.1 Å². The second kappa shape index (κ2) is 11.7.